The van der Waals surface area contributed by atoms with Gasteiger partial charge in [0, 0.05) is 30.0 Å². The molecule has 6 heteroatoms. The lowest BCUT2D eigenvalue weighted by atomic mass is 10.1. The molecular weight excluding hydrogens is 420 g/mol. The van der Waals surface area contributed by atoms with E-state index in [1.54, 1.807) is 23.8 Å². The molecule has 32 heavy (non-hydrogen) atoms. The summed E-state index contributed by atoms with van der Waals surface area (Å²) in [6.45, 7) is 8.17. The minimum Gasteiger partial charge on any atom is -0.497 e. The van der Waals surface area contributed by atoms with Gasteiger partial charge in [-0.3, -0.25) is 9.59 Å². The number of carbonyl (C=O) groups is 2. The van der Waals surface area contributed by atoms with Crippen molar-refractivity contribution in [1.29, 1.82) is 0 Å². The molecule has 2 aromatic rings. The van der Waals surface area contributed by atoms with Crippen molar-refractivity contribution in [1.82, 2.24) is 10.2 Å². The summed E-state index contributed by atoms with van der Waals surface area (Å²) in [4.78, 5) is 28.0. The van der Waals surface area contributed by atoms with Gasteiger partial charge in [-0.2, -0.15) is 11.8 Å². The maximum atomic E-state index is 13.3. The highest BCUT2D eigenvalue weighted by molar-refractivity contribution is 7.98. The van der Waals surface area contributed by atoms with Crippen LogP contribution in [0.4, 0.5) is 0 Å². The third-order valence-electron chi connectivity index (χ3n) is 4.94. The van der Waals surface area contributed by atoms with E-state index >= 15 is 0 Å². The summed E-state index contributed by atoms with van der Waals surface area (Å²) in [6, 6.07) is 17.4. The summed E-state index contributed by atoms with van der Waals surface area (Å²) in [5, 5.41) is 3.04. The zero-order valence-electron chi connectivity index (χ0n) is 19.9. The molecular formula is C26H36N2O3S. The van der Waals surface area contributed by atoms with Crippen LogP contribution in [0.5, 0.6) is 5.75 Å². The first kappa shape index (κ1) is 25.8. The number of carbonyl (C=O) groups excluding carboxylic acids is 2. The minimum absolute atomic E-state index is 0.00992. The van der Waals surface area contributed by atoms with Crippen LogP contribution in [0.3, 0.4) is 0 Å². The van der Waals surface area contributed by atoms with E-state index in [0.717, 1.165) is 17.1 Å². The highest BCUT2D eigenvalue weighted by Gasteiger charge is 2.30. The second-order valence-electron chi connectivity index (χ2n) is 8.82. The van der Waals surface area contributed by atoms with Gasteiger partial charge in [-0.05, 0) is 50.5 Å². The van der Waals surface area contributed by atoms with Crippen molar-refractivity contribution in [2.45, 2.75) is 64.4 Å². The molecule has 0 radical (unpaired) electrons. The Morgan fingerprint density at radius 2 is 1.75 bits per heavy atom. The smallest absolute Gasteiger partial charge is 0.243 e. The molecule has 0 heterocycles. The first-order valence-corrected chi connectivity index (χ1v) is 12.2. The Morgan fingerprint density at radius 3 is 2.38 bits per heavy atom. The second-order valence-corrected chi connectivity index (χ2v) is 9.93. The average Bonchev–Trinajstić information content (AvgIpc) is 2.76. The standard InChI is InChI=1S/C26H36N2O3S/c1-6-23(25(30)27-26(2,3)4)28(18-21-13-10-14-22(17-21)31-5)24(29)15-16-32-19-20-11-8-7-9-12-20/h7-14,17,23H,6,15-16,18-19H2,1-5H3,(H,27,30)/t23-/m1/s1. The predicted molar refractivity (Wildman–Crippen MR) is 133 cm³/mol. The van der Waals surface area contributed by atoms with Crippen LogP contribution in [-0.2, 0) is 21.9 Å². The van der Waals surface area contributed by atoms with Gasteiger partial charge in [0.1, 0.15) is 11.8 Å². The third kappa shape index (κ3) is 8.58. The topological polar surface area (TPSA) is 58.6 Å². The Balaban J connectivity index is 2.11. The van der Waals surface area contributed by atoms with Gasteiger partial charge in [-0.1, -0.05) is 49.4 Å². The van der Waals surface area contributed by atoms with Gasteiger partial charge in [-0.15, -0.1) is 0 Å². The Bertz CT molecular complexity index is 865. The molecule has 0 unspecified atom stereocenters. The van der Waals surface area contributed by atoms with E-state index in [0.29, 0.717) is 25.1 Å². The van der Waals surface area contributed by atoms with Gasteiger partial charge in [-0.25, -0.2) is 0 Å². The largest absolute Gasteiger partial charge is 0.497 e. The first-order chi connectivity index (χ1) is 15.2. The van der Waals surface area contributed by atoms with Crippen molar-refractivity contribution in [3.8, 4) is 5.75 Å². The zero-order chi connectivity index (χ0) is 23.6. The Kier molecular flexibility index (Phi) is 10.1. The van der Waals surface area contributed by atoms with Gasteiger partial charge >= 0.3 is 0 Å². The second kappa shape index (κ2) is 12.5. The lowest BCUT2D eigenvalue weighted by Gasteiger charge is -2.33. The van der Waals surface area contributed by atoms with Crippen molar-refractivity contribution in [3.63, 3.8) is 0 Å². The molecule has 0 bridgehead atoms. The molecule has 0 aromatic heterocycles. The molecule has 0 aliphatic carbocycles. The quantitative estimate of drug-likeness (QED) is 0.481. The predicted octanol–water partition coefficient (Wildman–Crippen LogP) is 5.04. The third-order valence-corrected chi connectivity index (χ3v) is 5.97. The highest BCUT2D eigenvalue weighted by Crippen LogP contribution is 2.20. The molecule has 0 saturated carbocycles. The number of rotatable bonds is 11. The van der Waals surface area contributed by atoms with Crippen molar-refractivity contribution in [3.05, 3.63) is 65.7 Å². The van der Waals surface area contributed by atoms with Crippen molar-refractivity contribution < 1.29 is 14.3 Å². The summed E-state index contributed by atoms with van der Waals surface area (Å²) in [7, 11) is 1.62. The lowest BCUT2D eigenvalue weighted by Crippen LogP contribution is -2.53. The van der Waals surface area contributed by atoms with Gasteiger partial charge in [0.25, 0.3) is 0 Å². The highest BCUT2D eigenvalue weighted by atomic mass is 32.2. The molecule has 1 N–H and O–H groups in total. The van der Waals surface area contributed by atoms with Crippen LogP contribution in [0.25, 0.3) is 0 Å². The maximum absolute atomic E-state index is 13.3. The number of nitrogens with one attached hydrogen (secondary N) is 1. The Hall–Kier alpha value is -2.47. The number of thioether (sulfide) groups is 1. The van der Waals surface area contributed by atoms with E-state index in [1.807, 2.05) is 70.2 Å². The molecule has 0 spiro atoms. The molecule has 0 aliphatic heterocycles. The van der Waals surface area contributed by atoms with E-state index in [1.165, 1.54) is 5.56 Å². The summed E-state index contributed by atoms with van der Waals surface area (Å²) in [6.07, 6.45) is 0.940. The molecule has 2 amide bonds. The van der Waals surface area contributed by atoms with E-state index in [-0.39, 0.29) is 17.4 Å². The minimum atomic E-state index is -0.521. The molecule has 2 aromatic carbocycles. The molecule has 0 fully saturated rings. The molecule has 0 saturated heterocycles. The molecule has 1 atom stereocenters. The van der Waals surface area contributed by atoms with Crippen LogP contribution >= 0.6 is 11.8 Å². The van der Waals surface area contributed by atoms with Crippen molar-refractivity contribution >= 4 is 23.6 Å². The fourth-order valence-corrected chi connectivity index (χ4v) is 4.30. The summed E-state index contributed by atoms with van der Waals surface area (Å²) in [5.41, 5.74) is 1.83. The number of hydrogen-bond acceptors (Lipinski definition) is 4. The van der Waals surface area contributed by atoms with Crippen LogP contribution < -0.4 is 10.1 Å². The van der Waals surface area contributed by atoms with Gasteiger partial charge in [0.05, 0.1) is 7.11 Å². The fourth-order valence-electron chi connectivity index (χ4n) is 3.41. The van der Waals surface area contributed by atoms with Crippen LogP contribution in [0.15, 0.2) is 54.6 Å². The molecule has 2 rings (SSSR count). The Morgan fingerprint density at radius 1 is 1.06 bits per heavy atom. The van der Waals surface area contributed by atoms with E-state index in [2.05, 4.69) is 17.4 Å². The number of nitrogens with zero attached hydrogens (tertiary/aromatic N) is 1. The fraction of sp³-hybridized carbons (Fsp3) is 0.462. The number of hydrogen-bond donors (Lipinski definition) is 1. The van der Waals surface area contributed by atoms with Crippen LogP contribution in [-0.4, -0.2) is 41.2 Å². The average molecular weight is 457 g/mol. The summed E-state index contributed by atoms with van der Waals surface area (Å²) >= 11 is 1.73. The first-order valence-electron chi connectivity index (χ1n) is 11.1. The van der Waals surface area contributed by atoms with Crippen LogP contribution in [0, 0.1) is 0 Å². The van der Waals surface area contributed by atoms with E-state index in [9.17, 15) is 9.59 Å². The van der Waals surface area contributed by atoms with E-state index in [4.69, 9.17) is 4.74 Å². The zero-order valence-corrected chi connectivity index (χ0v) is 20.7. The maximum Gasteiger partial charge on any atom is 0.243 e. The number of methoxy groups -OCH3 is 1. The number of benzene rings is 2. The Labute approximate surface area is 196 Å². The van der Waals surface area contributed by atoms with Crippen molar-refractivity contribution in [2.24, 2.45) is 0 Å². The van der Waals surface area contributed by atoms with Crippen molar-refractivity contribution in [2.75, 3.05) is 12.9 Å². The molecule has 174 valence electrons. The summed E-state index contributed by atoms with van der Waals surface area (Å²) in [5.74, 6) is 2.18. The normalized spacial score (nSPS) is 12.2. The molecule has 5 nitrogen and oxygen atoms in total. The monoisotopic (exact) mass is 456 g/mol. The van der Waals surface area contributed by atoms with Gasteiger partial charge < -0.3 is 15.0 Å². The van der Waals surface area contributed by atoms with E-state index < -0.39 is 6.04 Å². The SMILES string of the molecule is CC[C@H](C(=O)NC(C)(C)C)N(Cc1cccc(OC)c1)C(=O)CCSCc1ccccc1. The lowest BCUT2D eigenvalue weighted by molar-refractivity contribution is -0.141. The number of amides is 2. The van der Waals surface area contributed by atoms with Crippen LogP contribution in [0.2, 0.25) is 0 Å². The number of ether oxygens (including phenoxy) is 1. The van der Waals surface area contributed by atoms with Gasteiger partial charge in [0.15, 0.2) is 0 Å². The summed E-state index contributed by atoms with van der Waals surface area (Å²) < 4.78 is 5.33. The van der Waals surface area contributed by atoms with Crippen LogP contribution in [0.1, 0.15) is 51.7 Å². The van der Waals surface area contributed by atoms with Gasteiger partial charge in [0.2, 0.25) is 11.8 Å². The molecule has 0 aliphatic rings.